The van der Waals surface area contributed by atoms with Crippen molar-refractivity contribution in [2.75, 3.05) is 30.0 Å². The zero-order valence-corrected chi connectivity index (χ0v) is 13.5. The molecule has 0 saturated carbocycles. The van der Waals surface area contributed by atoms with Crippen molar-refractivity contribution in [1.82, 2.24) is 5.32 Å². The predicted molar refractivity (Wildman–Crippen MR) is 85.9 cm³/mol. The second-order valence-corrected chi connectivity index (χ2v) is 7.51. The largest absolute Gasteiger partial charge is 0.492 e. The molecule has 0 aliphatic carbocycles. The highest BCUT2D eigenvalue weighted by Crippen LogP contribution is 2.23. The first-order valence-electron chi connectivity index (χ1n) is 7.45. The first kappa shape index (κ1) is 16.8. The summed E-state index contributed by atoms with van der Waals surface area (Å²) in [7, 11) is -2.89. The molecule has 1 unspecified atom stereocenters. The van der Waals surface area contributed by atoms with Crippen LogP contribution in [0.4, 0.5) is 5.69 Å². The normalized spacial score (nSPS) is 19.8. The number of amides is 1. The summed E-state index contributed by atoms with van der Waals surface area (Å²) in [6.07, 6.45) is 0.911. The minimum absolute atomic E-state index is 0.0338. The first-order valence-corrected chi connectivity index (χ1v) is 9.28. The molecule has 22 heavy (non-hydrogen) atoms. The summed E-state index contributed by atoms with van der Waals surface area (Å²) in [6.45, 7) is 2.88. The van der Waals surface area contributed by atoms with Gasteiger partial charge in [0.25, 0.3) is 0 Å². The highest BCUT2D eigenvalue weighted by molar-refractivity contribution is 7.91. The van der Waals surface area contributed by atoms with Crippen molar-refractivity contribution < 1.29 is 17.9 Å². The zero-order chi connectivity index (χ0) is 16.0. The molecule has 1 aliphatic heterocycles. The maximum absolute atomic E-state index is 11.9. The maximum atomic E-state index is 11.9. The Morgan fingerprint density at radius 2 is 2.14 bits per heavy atom. The van der Waals surface area contributed by atoms with E-state index in [0.717, 1.165) is 0 Å². The van der Waals surface area contributed by atoms with E-state index in [1.54, 1.807) is 12.1 Å². The average molecular weight is 326 g/mol. The van der Waals surface area contributed by atoms with Crippen molar-refractivity contribution in [3.05, 3.63) is 24.3 Å². The lowest BCUT2D eigenvalue weighted by Gasteiger charge is -2.12. The number of carbonyl (C=O) groups is 1. The standard InChI is InChI=1S/C15H22N2O4S/c1-2-21-14-6-4-3-5-13(14)17-15(18)7-9-16-12-8-10-22(19,20)11-12/h3-6,12,16H,2,7-11H2,1H3,(H,17,18). The van der Waals surface area contributed by atoms with E-state index in [1.165, 1.54) is 0 Å². The van der Waals surface area contributed by atoms with Crippen molar-refractivity contribution in [1.29, 1.82) is 0 Å². The molecule has 2 rings (SSSR count). The van der Waals surface area contributed by atoms with Crippen LogP contribution >= 0.6 is 0 Å². The van der Waals surface area contributed by atoms with Crippen molar-refractivity contribution in [2.24, 2.45) is 0 Å². The van der Waals surface area contributed by atoms with Crippen LogP contribution < -0.4 is 15.4 Å². The molecular formula is C15H22N2O4S. The van der Waals surface area contributed by atoms with Crippen molar-refractivity contribution in [2.45, 2.75) is 25.8 Å². The summed E-state index contributed by atoms with van der Waals surface area (Å²) in [6, 6.07) is 7.25. The van der Waals surface area contributed by atoms with Gasteiger partial charge in [0.15, 0.2) is 9.84 Å². The van der Waals surface area contributed by atoms with Gasteiger partial charge in [-0.25, -0.2) is 8.42 Å². The number of sulfone groups is 1. The lowest BCUT2D eigenvalue weighted by Crippen LogP contribution is -2.32. The lowest BCUT2D eigenvalue weighted by molar-refractivity contribution is -0.116. The molecule has 2 N–H and O–H groups in total. The third kappa shape index (κ3) is 4.99. The fraction of sp³-hybridized carbons (Fsp3) is 0.533. The van der Waals surface area contributed by atoms with Crippen molar-refractivity contribution in [3.8, 4) is 5.75 Å². The summed E-state index contributed by atoms with van der Waals surface area (Å²) in [4.78, 5) is 11.9. The molecule has 1 aromatic carbocycles. The number of anilines is 1. The smallest absolute Gasteiger partial charge is 0.225 e. The second kappa shape index (κ2) is 7.60. The highest BCUT2D eigenvalue weighted by Gasteiger charge is 2.27. The van der Waals surface area contributed by atoms with Gasteiger partial charge < -0.3 is 15.4 Å². The Kier molecular flexibility index (Phi) is 5.79. The van der Waals surface area contributed by atoms with E-state index in [-0.39, 0.29) is 29.9 Å². The van der Waals surface area contributed by atoms with Gasteiger partial charge in [0.1, 0.15) is 5.75 Å². The van der Waals surface area contributed by atoms with E-state index in [0.29, 0.717) is 31.0 Å². The SMILES string of the molecule is CCOc1ccccc1NC(=O)CCNC1CCS(=O)(=O)C1. The number of benzene rings is 1. The molecule has 0 aromatic heterocycles. The second-order valence-electron chi connectivity index (χ2n) is 5.28. The van der Waals surface area contributed by atoms with Gasteiger partial charge in [-0.3, -0.25) is 4.79 Å². The molecule has 0 spiro atoms. The Morgan fingerprint density at radius 1 is 1.36 bits per heavy atom. The Morgan fingerprint density at radius 3 is 2.82 bits per heavy atom. The van der Waals surface area contributed by atoms with Gasteiger partial charge in [-0.05, 0) is 25.5 Å². The summed E-state index contributed by atoms with van der Waals surface area (Å²) in [5.41, 5.74) is 0.651. The Labute approximate surface area is 131 Å². The fourth-order valence-electron chi connectivity index (χ4n) is 2.41. The van der Waals surface area contributed by atoms with Crippen molar-refractivity contribution >= 4 is 21.4 Å². The van der Waals surface area contributed by atoms with Crippen LogP contribution in [0.2, 0.25) is 0 Å². The van der Waals surface area contributed by atoms with Crippen LogP contribution in [0.1, 0.15) is 19.8 Å². The molecular weight excluding hydrogens is 304 g/mol. The monoisotopic (exact) mass is 326 g/mol. The number of para-hydroxylation sites is 2. The Hall–Kier alpha value is -1.60. The number of ether oxygens (including phenoxy) is 1. The number of nitrogens with one attached hydrogen (secondary N) is 2. The van der Waals surface area contributed by atoms with Crippen LogP contribution in [-0.4, -0.2) is 45.0 Å². The van der Waals surface area contributed by atoms with E-state index in [9.17, 15) is 13.2 Å². The van der Waals surface area contributed by atoms with Crippen LogP contribution in [0.15, 0.2) is 24.3 Å². The third-order valence-corrected chi connectivity index (χ3v) is 5.25. The third-order valence-electron chi connectivity index (χ3n) is 3.48. The number of hydrogen-bond donors (Lipinski definition) is 2. The van der Waals surface area contributed by atoms with E-state index in [1.807, 2.05) is 19.1 Å². The molecule has 1 fully saturated rings. The number of hydrogen-bond acceptors (Lipinski definition) is 5. The molecule has 1 aliphatic rings. The average Bonchev–Trinajstić information content (AvgIpc) is 2.81. The van der Waals surface area contributed by atoms with E-state index in [2.05, 4.69) is 10.6 Å². The van der Waals surface area contributed by atoms with Crippen LogP contribution in [0.5, 0.6) is 5.75 Å². The molecule has 1 heterocycles. The minimum Gasteiger partial charge on any atom is -0.492 e. The van der Waals surface area contributed by atoms with E-state index in [4.69, 9.17) is 4.74 Å². The van der Waals surface area contributed by atoms with Gasteiger partial charge >= 0.3 is 0 Å². The van der Waals surface area contributed by atoms with Gasteiger partial charge in [0.2, 0.25) is 5.91 Å². The van der Waals surface area contributed by atoms with Crippen LogP contribution in [-0.2, 0) is 14.6 Å². The fourth-order valence-corrected chi connectivity index (χ4v) is 4.12. The highest BCUT2D eigenvalue weighted by atomic mass is 32.2. The lowest BCUT2D eigenvalue weighted by atomic mass is 10.2. The molecule has 7 heteroatoms. The predicted octanol–water partition coefficient (Wildman–Crippen LogP) is 1.19. The van der Waals surface area contributed by atoms with Crippen LogP contribution in [0, 0.1) is 0 Å². The zero-order valence-electron chi connectivity index (χ0n) is 12.7. The molecule has 1 atom stereocenters. The summed E-state index contributed by atoms with van der Waals surface area (Å²) >= 11 is 0. The molecule has 122 valence electrons. The van der Waals surface area contributed by atoms with Crippen LogP contribution in [0.25, 0.3) is 0 Å². The molecule has 1 aromatic rings. The number of rotatable bonds is 7. The topological polar surface area (TPSA) is 84.5 Å². The van der Waals surface area contributed by atoms with E-state index >= 15 is 0 Å². The summed E-state index contributed by atoms with van der Waals surface area (Å²) < 4.78 is 28.1. The van der Waals surface area contributed by atoms with Gasteiger partial charge in [-0.1, -0.05) is 12.1 Å². The molecule has 0 bridgehead atoms. The van der Waals surface area contributed by atoms with Gasteiger partial charge in [-0.15, -0.1) is 0 Å². The van der Waals surface area contributed by atoms with Gasteiger partial charge in [0, 0.05) is 19.0 Å². The molecule has 6 nitrogen and oxygen atoms in total. The summed E-state index contributed by atoms with van der Waals surface area (Å²) in [5, 5.41) is 5.94. The van der Waals surface area contributed by atoms with Crippen molar-refractivity contribution in [3.63, 3.8) is 0 Å². The Balaban J connectivity index is 1.77. The maximum Gasteiger partial charge on any atom is 0.225 e. The molecule has 0 radical (unpaired) electrons. The minimum atomic E-state index is -2.89. The Bertz CT molecular complexity index is 616. The van der Waals surface area contributed by atoms with Gasteiger partial charge in [-0.2, -0.15) is 0 Å². The van der Waals surface area contributed by atoms with Gasteiger partial charge in [0.05, 0.1) is 23.8 Å². The van der Waals surface area contributed by atoms with Crippen LogP contribution in [0.3, 0.4) is 0 Å². The number of carbonyl (C=O) groups excluding carboxylic acids is 1. The van der Waals surface area contributed by atoms with E-state index < -0.39 is 9.84 Å². The first-order chi connectivity index (χ1) is 10.5. The quantitative estimate of drug-likeness (QED) is 0.786. The molecule has 1 saturated heterocycles. The molecule has 1 amide bonds. The summed E-state index contributed by atoms with van der Waals surface area (Å²) in [5.74, 6) is 0.925.